The maximum atomic E-state index is 13.0. The lowest BCUT2D eigenvalue weighted by Crippen LogP contribution is -2.30. The van der Waals surface area contributed by atoms with Crippen molar-refractivity contribution in [3.8, 4) is 11.5 Å². The number of ketones is 1. The fourth-order valence-corrected chi connectivity index (χ4v) is 4.26. The van der Waals surface area contributed by atoms with Crippen LogP contribution in [0.5, 0.6) is 11.5 Å². The minimum absolute atomic E-state index is 0.0106. The Morgan fingerprint density at radius 1 is 1.06 bits per heavy atom. The molecule has 1 N–H and O–H groups in total. The number of hydrogen-bond donors (Lipinski definition) is 1. The van der Waals surface area contributed by atoms with E-state index >= 15 is 0 Å². The molecular formula is C23H23Cl2NO5. The Hall–Kier alpha value is -2.70. The number of ether oxygens (including phenoxy) is 2. The summed E-state index contributed by atoms with van der Waals surface area (Å²) in [6, 6.07) is 9.20. The molecule has 1 amide bonds. The Kier molecular flexibility index (Phi) is 7.13. The molecule has 1 heterocycles. The number of Topliss-reactive ketones (excluding diaryl/α,β-unsaturated/α-hetero) is 1. The molecule has 1 unspecified atom stereocenters. The second-order valence-electron chi connectivity index (χ2n) is 7.09. The second kappa shape index (κ2) is 9.62. The minimum atomic E-state index is -0.752. The Morgan fingerprint density at radius 3 is 2.19 bits per heavy atom. The Morgan fingerprint density at radius 2 is 1.68 bits per heavy atom. The van der Waals surface area contributed by atoms with Crippen LogP contribution in [0.1, 0.15) is 36.9 Å². The average molecular weight is 464 g/mol. The summed E-state index contributed by atoms with van der Waals surface area (Å²) in [7, 11) is 2.98. The number of rotatable bonds is 7. The molecule has 8 heteroatoms. The zero-order valence-corrected chi connectivity index (χ0v) is 19.0. The van der Waals surface area contributed by atoms with Crippen LogP contribution in [0.3, 0.4) is 0 Å². The quantitative estimate of drug-likeness (QED) is 0.345. The zero-order valence-electron chi connectivity index (χ0n) is 17.4. The highest BCUT2D eigenvalue weighted by atomic mass is 35.5. The van der Waals surface area contributed by atoms with E-state index in [4.69, 9.17) is 32.7 Å². The van der Waals surface area contributed by atoms with E-state index in [1.807, 2.05) is 6.92 Å². The van der Waals surface area contributed by atoms with E-state index in [9.17, 15) is 14.7 Å². The predicted octanol–water partition coefficient (Wildman–Crippen LogP) is 5.23. The van der Waals surface area contributed by atoms with Crippen LogP contribution in [-0.2, 0) is 9.59 Å². The van der Waals surface area contributed by atoms with Gasteiger partial charge in [0.05, 0.1) is 35.9 Å². The van der Waals surface area contributed by atoms with Crippen LogP contribution in [0, 0.1) is 0 Å². The van der Waals surface area contributed by atoms with E-state index in [1.54, 1.807) is 31.4 Å². The highest BCUT2D eigenvalue weighted by Gasteiger charge is 2.45. The van der Waals surface area contributed by atoms with Crippen LogP contribution in [0.2, 0.25) is 10.0 Å². The standard InChI is InChI=1S/C23H23Cl2NO5/c1-4-5-10-26-19(13-6-8-15(30-2)9-7-13)18(21(28)23(26)29)20(27)14-11-16(24)22(31-3)17(25)12-14/h6-9,11-12,19,27H,4-5,10H2,1-3H3/b20-18+. The van der Waals surface area contributed by atoms with E-state index in [1.165, 1.54) is 24.1 Å². The Labute approximate surface area is 191 Å². The lowest BCUT2D eigenvalue weighted by molar-refractivity contribution is -0.139. The van der Waals surface area contributed by atoms with Crippen molar-refractivity contribution < 1.29 is 24.2 Å². The lowest BCUT2D eigenvalue weighted by Gasteiger charge is -2.25. The molecule has 1 aliphatic rings. The number of unbranched alkanes of at least 4 members (excludes halogenated alkanes) is 1. The number of aliphatic hydroxyl groups excluding tert-OH is 1. The minimum Gasteiger partial charge on any atom is -0.507 e. The highest BCUT2D eigenvalue weighted by molar-refractivity contribution is 6.46. The number of amides is 1. The number of methoxy groups -OCH3 is 2. The van der Waals surface area contributed by atoms with Crippen LogP contribution in [0.25, 0.3) is 5.76 Å². The largest absolute Gasteiger partial charge is 0.507 e. The summed E-state index contributed by atoms with van der Waals surface area (Å²) in [5.41, 5.74) is 0.898. The molecule has 1 atom stereocenters. The van der Waals surface area contributed by atoms with Gasteiger partial charge in [0.25, 0.3) is 11.7 Å². The number of carbonyl (C=O) groups excluding carboxylic acids is 2. The van der Waals surface area contributed by atoms with Crippen LogP contribution >= 0.6 is 23.2 Å². The number of carbonyl (C=O) groups is 2. The fraction of sp³-hybridized carbons (Fsp3) is 0.304. The maximum absolute atomic E-state index is 13.0. The summed E-state index contributed by atoms with van der Waals surface area (Å²) >= 11 is 12.4. The smallest absolute Gasteiger partial charge is 0.295 e. The Balaban J connectivity index is 2.18. The number of halogens is 2. The monoisotopic (exact) mass is 463 g/mol. The van der Waals surface area contributed by atoms with Gasteiger partial charge in [-0.2, -0.15) is 0 Å². The summed E-state index contributed by atoms with van der Waals surface area (Å²) in [6.45, 7) is 2.39. The SMILES string of the molecule is CCCCN1C(=O)C(=O)/C(=C(/O)c2cc(Cl)c(OC)c(Cl)c2)C1c1ccc(OC)cc1. The molecule has 1 saturated heterocycles. The first kappa shape index (κ1) is 23.0. The van der Waals surface area contributed by atoms with Gasteiger partial charge in [-0.1, -0.05) is 48.7 Å². The van der Waals surface area contributed by atoms with Crippen molar-refractivity contribution in [1.82, 2.24) is 4.90 Å². The van der Waals surface area contributed by atoms with Crippen LogP contribution in [-0.4, -0.2) is 42.5 Å². The molecule has 2 aromatic rings. The first-order valence-corrected chi connectivity index (χ1v) is 10.5. The molecule has 2 aromatic carbocycles. The normalized spacial score (nSPS) is 17.8. The van der Waals surface area contributed by atoms with Crippen LogP contribution in [0.4, 0.5) is 0 Å². The summed E-state index contributed by atoms with van der Waals surface area (Å²) in [4.78, 5) is 27.3. The van der Waals surface area contributed by atoms with Gasteiger partial charge in [-0.25, -0.2) is 0 Å². The molecule has 3 rings (SSSR count). The number of likely N-dealkylation sites (tertiary alicyclic amines) is 1. The molecule has 6 nitrogen and oxygen atoms in total. The van der Waals surface area contributed by atoms with E-state index in [2.05, 4.69) is 0 Å². The van der Waals surface area contributed by atoms with Gasteiger partial charge in [0.15, 0.2) is 5.75 Å². The number of hydrogen-bond acceptors (Lipinski definition) is 5. The molecule has 0 spiro atoms. The van der Waals surface area contributed by atoms with E-state index < -0.39 is 17.7 Å². The van der Waals surface area contributed by atoms with Crippen LogP contribution < -0.4 is 9.47 Å². The number of benzene rings is 2. The summed E-state index contributed by atoms with van der Waals surface area (Å²) in [5.74, 6) is -0.846. The first-order chi connectivity index (χ1) is 14.8. The van der Waals surface area contributed by atoms with Gasteiger partial charge < -0.3 is 19.5 Å². The summed E-state index contributed by atoms with van der Waals surface area (Å²) in [5, 5.41) is 11.5. The molecule has 0 radical (unpaired) electrons. The molecule has 0 saturated carbocycles. The van der Waals surface area contributed by atoms with Crippen molar-refractivity contribution in [3.05, 3.63) is 63.1 Å². The van der Waals surface area contributed by atoms with Crippen molar-refractivity contribution in [2.75, 3.05) is 20.8 Å². The predicted molar refractivity (Wildman–Crippen MR) is 120 cm³/mol. The molecule has 0 bridgehead atoms. The summed E-state index contributed by atoms with van der Waals surface area (Å²) < 4.78 is 10.4. The zero-order chi connectivity index (χ0) is 22.7. The molecule has 1 fully saturated rings. The van der Waals surface area contributed by atoms with Crippen molar-refractivity contribution in [3.63, 3.8) is 0 Å². The third-order valence-electron chi connectivity index (χ3n) is 5.20. The maximum Gasteiger partial charge on any atom is 0.295 e. The van der Waals surface area contributed by atoms with E-state index in [-0.39, 0.29) is 32.7 Å². The second-order valence-corrected chi connectivity index (χ2v) is 7.91. The average Bonchev–Trinajstić information content (AvgIpc) is 3.01. The third-order valence-corrected chi connectivity index (χ3v) is 5.76. The first-order valence-electron chi connectivity index (χ1n) is 9.79. The van der Waals surface area contributed by atoms with Crippen molar-refractivity contribution >= 4 is 40.7 Å². The van der Waals surface area contributed by atoms with Gasteiger partial charge in [-0.3, -0.25) is 9.59 Å². The molecule has 0 aromatic heterocycles. The number of aliphatic hydroxyl groups is 1. The van der Waals surface area contributed by atoms with Crippen molar-refractivity contribution in [2.45, 2.75) is 25.8 Å². The molecule has 164 valence electrons. The highest BCUT2D eigenvalue weighted by Crippen LogP contribution is 2.42. The van der Waals surface area contributed by atoms with Crippen LogP contribution in [0.15, 0.2) is 42.0 Å². The van der Waals surface area contributed by atoms with Gasteiger partial charge in [0, 0.05) is 12.1 Å². The lowest BCUT2D eigenvalue weighted by atomic mass is 9.95. The molecule has 0 aliphatic carbocycles. The Bertz CT molecular complexity index is 1010. The van der Waals surface area contributed by atoms with Crippen molar-refractivity contribution in [2.24, 2.45) is 0 Å². The fourth-order valence-electron chi connectivity index (χ4n) is 3.62. The molecule has 1 aliphatic heterocycles. The van der Waals surface area contributed by atoms with Gasteiger partial charge in [0.2, 0.25) is 0 Å². The van der Waals surface area contributed by atoms with Crippen molar-refractivity contribution in [1.29, 1.82) is 0 Å². The van der Waals surface area contributed by atoms with Gasteiger partial charge in [-0.05, 0) is 36.2 Å². The molecular weight excluding hydrogens is 441 g/mol. The van der Waals surface area contributed by atoms with E-state index in [0.717, 1.165) is 12.8 Å². The topological polar surface area (TPSA) is 76.1 Å². The number of nitrogens with zero attached hydrogens (tertiary/aromatic N) is 1. The molecule has 31 heavy (non-hydrogen) atoms. The van der Waals surface area contributed by atoms with Gasteiger partial charge in [-0.15, -0.1) is 0 Å². The third kappa shape index (κ3) is 4.36. The van der Waals surface area contributed by atoms with E-state index in [0.29, 0.717) is 17.9 Å². The van der Waals surface area contributed by atoms with Gasteiger partial charge in [0.1, 0.15) is 11.5 Å². The summed E-state index contributed by atoms with van der Waals surface area (Å²) in [6.07, 6.45) is 1.57. The van der Waals surface area contributed by atoms with Gasteiger partial charge >= 0.3 is 0 Å².